The van der Waals surface area contributed by atoms with Gasteiger partial charge in [-0.3, -0.25) is 4.79 Å². The molecule has 0 aliphatic heterocycles. The van der Waals surface area contributed by atoms with Crippen LogP contribution in [0.3, 0.4) is 0 Å². The Balaban J connectivity index is 2.14. The lowest BCUT2D eigenvalue weighted by Gasteiger charge is -2.09. The number of rotatable bonds is 7. The third-order valence-corrected chi connectivity index (χ3v) is 2.92. The van der Waals surface area contributed by atoms with Crippen LogP contribution in [0, 0.1) is 6.92 Å². The van der Waals surface area contributed by atoms with Crippen molar-refractivity contribution in [3.63, 3.8) is 0 Å². The highest BCUT2D eigenvalue weighted by atomic mass is 16.5. The molecule has 6 nitrogen and oxygen atoms in total. The van der Waals surface area contributed by atoms with Gasteiger partial charge in [-0.1, -0.05) is 6.08 Å². The van der Waals surface area contributed by atoms with Crippen LogP contribution in [-0.4, -0.2) is 29.0 Å². The first-order valence-corrected chi connectivity index (χ1v) is 7.37. The van der Waals surface area contributed by atoms with Crippen LogP contribution in [0.25, 0.3) is 0 Å². The zero-order valence-corrected chi connectivity index (χ0v) is 13.3. The summed E-state index contributed by atoms with van der Waals surface area (Å²) in [7, 11) is 0. The summed E-state index contributed by atoms with van der Waals surface area (Å²) < 4.78 is 5.40. The van der Waals surface area contributed by atoms with Gasteiger partial charge in [-0.15, -0.1) is 6.58 Å². The fraction of sp³-hybridized carbons (Fsp3) is 0.235. The number of aromatic nitrogens is 2. The molecule has 2 rings (SSSR count). The molecule has 0 spiro atoms. The normalized spacial score (nSPS) is 10.0. The first kappa shape index (κ1) is 16.5. The average Bonchev–Trinajstić information content (AvgIpc) is 2.54. The molecule has 120 valence electrons. The minimum atomic E-state index is -0.259. The third kappa shape index (κ3) is 4.81. The lowest BCUT2D eigenvalue weighted by Crippen LogP contribution is -2.24. The minimum Gasteiger partial charge on any atom is -0.494 e. The lowest BCUT2D eigenvalue weighted by molar-refractivity contribution is 0.0953. The van der Waals surface area contributed by atoms with Crippen molar-refractivity contribution in [3.05, 3.63) is 54.4 Å². The summed E-state index contributed by atoms with van der Waals surface area (Å²) in [6.45, 7) is 8.33. The molecular formula is C17H20N4O2. The molecule has 2 N–H and O–H groups in total. The Morgan fingerprint density at radius 1 is 1.30 bits per heavy atom. The summed E-state index contributed by atoms with van der Waals surface area (Å²) in [6.07, 6.45) is 1.62. The van der Waals surface area contributed by atoms with E-state index in [0.29, 0.717) is 30.5 Å². The smallest absolute Gasteiger partial charge is 0.270 e. The first-order valence-electron chi connectivity index (χ1n) is 7.37. The van der Waals surface area contributed by atoms with Crippen molar-refractivity contribution in [3.8, 4) is 5.75 Å². The molecule has 0 saturated heterocycles. The maximum absolute atomic E-state index is 12.0. The molecule has 2 aromatic rings. The second-order valence-corrected chi connectivity index (χ2v) is 4.80. The number of hydrogen-bond donors (Lipinski definition) is 2. The molecule has 1 aromatic heterocycles. The summed E-state index contributed by atoms with van der Waals surface area (Å²) in [4.78, 5) is 20.5. The van der Waals surface area contributed by atoms with Gasteiger partial charge in [-0.25, -0.2) is 9.97 Å². The van der Waals surface area contributed by atoms with E-state index in [1.54, 1.807) is 12.1 Å². The molecule has 23 heavy (non-hydrogen) atoms. The Bertz CT molecular complexity index is 683. The van der Waals surface area contributed by atoms with Crippen molar-refractivity contribution in [2.75, 3.05) is 18.5 Å². The van der Waals surface area contributed by atoms with Crippen molar-refractivity contribution >= 4 is 17.5 Å². The van der Waals surface area contributed by atoms with Crippen molar-refractivity contribution in [1.29, 1.82) is 0 Å². The SMILES string of the molecule is C=CCNC(=O)c1cc(C)nc(Nc2ccc(OCC)cc2)n1. The Hall–Kier alpha value is -2.89. The molecule has 0 atom stereocenters. The van der Waals surface area contributed by atoms with Crippen LogP contribution >= 0.6 is 0 Å². The number of hydrogen-bond acceptors (Lipinski definition) is 5. The van der Waals surface area contributed by atoms with Gasteiger partial charge in [0.05, 0.1) is 6.61 Å². The molecule has 1 heterocycles. The molecule has 0 bridgehead atoms. The molecule has 1 aromatic carbocycles. The van der Waals surface area contributed by atoms with Gasteiger partial charge in [0, 0.05) is 17.9 Å². The van der Waals surface area contributed by atoms with Crippen LogP contribution in [0.15, 0.2) is 43.0 Å². The fourth-order valence-corrected chi connectivity index (χ4v) is 1.93. The van der Waals surface area contributed by atoms with Gasteiger partial charge in [0.2, 0.25) is 5.95 Å². The molecule has 0 unspecified atom stereocenters. The Kier molecular flexibility index (Phi) is 5.68. The number of ether oxygens (including phenoxy) is 1. The largest absolute Gasteiger partial charge is 0.494 e. The Labute approximate surface area is 135 Å². The maximum atomic E-state index is 12.0. The number of nitrogens with one attached hydrogen (secondary N) is 2. The second-order valence-electron chi connectivity index (χ2n) is 4.80. The molecule has 0 aliphatic carbocycles. The Morgan fingerprint density at radius 3 is 2.70 bits per heavy atom. The van der Waals surface area contributed by atoms with E-state index in [1.807, 2.05) is 38.1 Å². The van der Waals surface area contributed by atoms with Crippen molar-refractivity contribution in [2.24, 2.45) is 0 Å². The highest BCUT2D eigenvalue weighted by Crippen LogP contribution is 2.18. The zero-order chi connectivity index (χ0) is 16.7. The van der Waals surface area contributed by atoms with E-state index < -0.39 is 0 Å². The lowest BCUT2D eigenvalue weighted by atomic mass is 10.3. The van der Waals surface area contributed by atoms with E-state index in [-0.39, 0.29) is 5.91 Å². The number of aryl methyl sites for hydroxylation is 1. The number of nitrogens with zero attached hydrogens (tertiary/aromatic N) is 2. The van der Waals surface area contributed by atoms with E-state index >= 15 is 0 Å². The standard InChI is InChI=1S/C17H20N4O2/c1-4-10-18-16(22)15-11-12(3)19-17(21-15)20-13-6-8-14(9-7-13)23-5-2/h4,6-9,11H,1,5,10H2,2-3H3,(H,18,22)(H,19,20,21). The van der Waals surface area contributed by atoms with Crippen LogP contribution in [0.2, 0.25) is 0 Å². The number of carbonyl (C=O) groups is 1. The summed E-state index contributed by atoms with van der Waals surface area (Å²) in [5, 5.41) is 5.78. The topological polar surface area (TPSA) is 76.1 Å². The predicted octanol–water partition coefficient (Wildman–Crippen LogP) is 2.84. The molecule has 0 aliphatic rings. The quantitative estimate of drug-likeness (QED) is 0.769. The number of benzene rings is 1. The number of amides is 1. The van der Waals surface area contributed by atoms with E-state index in [0.717, 1.165) is 11.4 Å². The average molecular weight is 312 g/mol. The van der Waals surface area contributed by atoms with Crippen molar-refractivity contribution in [2.45, 2.75) is 13.8 Å². The van der Waals surface area contributed by atoms with Crippen LogP contribution in [-0.2, 0) is 0 Å². The number of carbonyl (C=O) groups excluding carboxylic acids is 1. The first-order chi connectivity index (χ1) is 11.1. The van der Waals surface area contributed by atoms with E-state index in [2.05, 4.69) is 27.2 Å². The van der Waals surface area contributed by atoms with Crippen LogP contribution in [0.5, 0.6) is 5.75 Å². The summed E-state index contributed by atoms with van der Waals surface area (Å²) >= 11 is 0. The molecule has 0 radical (unpaired) electrons. The summed E-state index contributed by atoms with van der Waals surface area (Å²) in [5.41, 5.74) is 1.83. The van der Waals surface area contributed by atoms with E-state index in [4.69, 9.17) is 4.74 Å². The summed E-state index contributed by atoms with van der Waals surface area (Å²) in [5.74, 6) is 0.913. The zero-order valence-electron chi connectivity index (χ0n) is 13.3. The molecule has 6 heteroatoms. The van der Waals surface area contributed by atoms with Gasteiger partial charge in [-0.05, 0) is 44.2 Å². The van der Waals surface area contributed by atoms with Gasteiger partial charge in [0.1, 0.15) is 11.4 Å². The molecular weight excluding hydrogens is 292 g/mol. The highest BCUT2D eigenvalue weighted by Gasteiger charge is 2.10. The predicted molar refractivity (Wildman–Crippen MR) is 90.2 cm³/mol. The van der Waals surface area contributed by atoms with Crippen LogP contribution in [0.1, 0.15) is 23.1 Å². The van der Waals surface area contributed by atoms with Crippen LogP contribution in [0.4, 0.5) is 11.6 Å². The monoisotopic (exact) mass is 312 g/mol. The van der Waals surface area contributed by atoms with E-state index in [9.17, 15) is 4.79 Å². The highest BCUT2D eigenvalue weighted by molar-refractivity contribution is 5.92. The fourth-order valence-electron chi connectivity index (χ4n) is 1.93. The van der Waals surface area contributed by atoms with Crippen LogP contribution < -0.4 is 15.4 Å². The van der Waals surface area contributed by atoms with Gasteiger partial charge in [0.15, 0.2) is 0 Å². The maximum Gasteiger partial charge on any atom is 0.270 e. The summed E-state index contributed by atoms with van der Waals surface area (Å²) in [6, 6.07) is 9.10. The molecule has 0 saturated carbocycles. The molecule has 1 amide bonds. The number of anilines is 2. The van der Waals surface area contributed by atoms with Gasteiger partial charge < -0.3 is 15.4 Å². The van der Waals surface area contributed by atoms with Gasteiger partial charge in [-0.2, -0.15) is 0 Å². The molecule has 0 fully saturated rings. The van der Waals surface area contributed by atoms with Gasteiger partial charge in [0.25, 0.3) is 5.91 Å². The van der Waals surface area contributed by atoms with Gasteiger partial charge >= 0.3 is 0 Å². The van der Waals surface area contributed by atoms with E-state index in [1.165, 1.54) is 0 Å². The second kappa shape index (κ2) is 7.93. The van der Waals surface area contributed by atoms with Crippen molar-refractivity contribution in [1.82, 2.24) is 15.3 Å². The third-order valence-electron chi connectivity index (χ3n) is 2.92. The minimum absolute atomic E-state index is 0.259. The van der Waals surface area contributed by atoms with Crippen molar-refractivity contribution < 1.29 is 9.53 Å². The Morgan fingerprint density at radius 2 is 2.04 bits per heavy atom.